The van der Waals surface area contributed by atoms with Gasteiger partial charge in [0.15, 0.2) is 0 Å². The number of nitriles is 1. The van der Waals surface area contributed by atoms with E-state index in [0.717, 1.165) is 5.56 Å². The van der Waals surface area contributed by atoms with Crippen LogP contribution in [0.4, 0.5) is 0 Å². The molecular weight excluding hydrogens is 240 g/mol. The molecule has 0 saturated carbocycles. The van der Waals surface area contributed by atoms with Gasteiger partial charge in [0, 0.05) is 0 Å². The summed E-state index contributed by atoms with van der Waals surface area (Å²) in [6.45, 7) is 0.304. The highest BCUT2D eigenvalue weighted by Crippen LogP contribution is 2.09. The summed E-state index contributed by atoms with van der Waals surface area (Å²) < 4.78 is 5.12. The minimum atomic E-state index is -0.683. The SMILES string of the molecule is N#CC(Cc1ccccc1)C(=O)NCc1ccco1. The number of carbonyl (C=O) groups is 1. The summed E-state index contributed by atoms with van der Waals surface area (Å²) >= 11 is 0. The molecule has 1 aromatic carbocycles. The van der Waals surface area contributed by atoms with Gasteiger partial charge in [-0.2, -0.15) is 5.26 Å². The van der Waals surface area contributed by atoms with Crippen LogP contribution in [0, 0.1) is 17.2 Å². The fraction of sp³-hybridized carbons (Fsp3) is 0.200. The van der Waals surface area contributed by atoms with E-state index in [2.05, 4.69) is 5.32 Å². The van der Waals surface area contributed by atoms with Crippen molar-refractivity contribution in [3.8, 4) is 6.07 Å². The summed E-state index contributed by atoms with van der Waals surface area (Å²) in [6.07, 6.45) is 1.97. The van der Waals surface area contributed by atoms with E-state index in [0.29, 0.717) is 18.7 Å². The first-order chi connectivity index (χ1) is 9.29. The lowest BCUT2D eigenvalue weighted by molar-refractivity contribution is -0.123. The van der Waals surface area contributed by atoms with Crippen LogP contribution >= 0.6 is 0 Å². The Labute approximate surface area is 111 Å². The molecule has 1 amide bonds. The van der Waals surface area contributed by atoms with Crippen molar-refractivity contribution in [2.75, 3.05) is 0 Å². The van der Waals surface area contributed by atoms with E-state index in [-0.39, 0.29) is 5.91 Å². The number of carbonyl (C=O) groups excluding carboxylic acids is 1. The van der Waals surface area contributed by atoms with Crippen molar-refractivity contribution in [2.45, 2.75) is 13.0 Å². The second-order valence-electron chi connectivity index (χ2n) is 4.17. The lowest BCUT2D eigenvalue weighted by atomic mass is 10.00. The molecule has 0 saturated heterocycles. The molecule has 2 aromatic rings. The van der Waals surface area contributed by atoms with E-state index in [1.807, 2.05) is 36.4 Å². The van der Waals surface area contributed by atoms with Gasteiger partial charge in [-0.15, -0.1) is 0 Å². The maximum absolute atomic E-state index is 11.9. The van der Waals surface area contributed by atoms with Crippen molar-refractivity contribution < 1.29 is 9.21 Å². The van der Waals surface area contributed by atoms with Gasteiger partial charge in [0.2, 0.25) is 5.91 Å². The molecule has 1 atom stereocenters. The third kappa shape index (κ3) is 3.71. The molecule has 4 nitrogen and oxygen atoms in total. The first-order valence-electron chi connectivity index (χ1n) is 6.03. The zero-order chi connectivity index (χ0) is 13.5. The first kappa shape index (κ1) is 12.9. The van der Waals surface area contributed by atoms with Crippen LogP contribution in [0.1, 0.15) is 11.3 Å². The van der Waals surface area contributed by atoms with Crippen molar-refractivity contribution in [2.24, 2.45) is 5.92 Å². The zero-order valence-corrected chi connectivity index (χ0v) is 10.4. The molecule has 0 bridgehead atoms. The van der Waals surface area contributed by atoms with Crippen molar-refractivity contribution in [3.63, 3.8) is 0 Å². The number of hydrogen-bond donors (Lipinski definition) is 1. The molecular formula is C15H14N2O2. The average Bonchev–Trinajstić information content (AvgIpc) is 2.96. The summed E-state index contributed by atoms with van der Waals surface area (Å²) in [5, 5.41) is 11.8. The lowest BCUT2D eigenvalue weighted by Gasteiger charge is -2.09. The van der Waals surface area contributed by atoms with Gasteiger partial charge in [-0.3, -0.25) is 4.79 Å². The third-order valence-electron chi connectivity index (χ3n) is 2.77. The van der Waals surface area contributed by atoms with Gasteiger partial charge < -0.3 is 9.73 Å². The van der Waals surface area contributed by atoms with Gasteiger partial charge >= 0.3 is 0 Å². The predicted molar refractivity (Wildman–Crippen MR) is 69.8 cm³/mol. The fourth-order valence-electron chi connectivity index (χ4n) is 1.76. The molecule has 1 N–H and O–H groups in total. The van der Waals surface area contributed by atoms with Crippen LogP contribution in [0.25, 0.3) is 0 Å². The molecule has 96 valence electrons. The summed E-state index contributed by atoms with van der Waals surface area (Å²) in [4.78, 5) is 11.9. The number of nitrogens with zero attached hydrogens (tertiary/aromatic N) is 1. The van der Waals surface area contributed by atoms with E-state index >= 15 is 0 Å². The van der Waals surface area contributed by atoms with Crippen LogP contribution in [0.2, 0.25) is 0 Å². The maximum atomic E-state index is 11.9. The van der Waals surface area contributed by atoms with Crippen LogP contribution in [0.5, 0.6) is 0 Å². The molecule has 0 aliphatic rings. The van der Waals surface area contributed by atoms with Crippen molar-refractivity contribution in [3.05, 3.63) is 60.1 Å². The van der Waals surface area contributed by atoms with Gasteiger partial charge in [-0.1, -0.05) is 30.3 Å². The Morgan fingerprint density at radius 1 is 1.26 bits per heavy atom. The number of amides is 1. The molecule has 19 heavy (non-hydrogen) atoms. The average molecular weight is 254 g/mol. The number of benzene rings is 1. The minimum absolute atomic E-state index is 0.275. The minimum Gasteiger partial charge on any atom is -0.467 e. The second-order valence-corrected chi connectivity index (χ2v) is 4.17. The Balaban J connectivity index is 1.90. The number of nitrogens with one attached hydrogen (secondary N) is 1. The number of rotatable bonds is 5. The van der Waals surface area contributed by atoms with Crippen molar-refractivity contribution in [1.82, 2.24) is 5.32 Å². The Hall–Kier alpha value is -2.54. The normalized spacial score (nSPS) is 11.5. The monoisotopic (exact) mass is 254 g/mol. The number of furan rings is 1. The topological polar surface area (TPSA) is 66.0 Å². The van der Waals surface area contributed by atoms with E-state index < -0.39 is 5.92 Å². The highest BCUT2D eigenvalue weighted by Gasteiger charge is 2.18. The lowest BCUT2D eigenvalue weighted by Crippen LogP contribution is -2.30. The van der Waals surface area contributed by atoms with Gasteiger partial charge in [0.05, 0.1) is 18.9 Å². The Morgan fingerprint density at radius 3 is 2.68 bits per heavy atom. The smallest absolute Gasteiger partial charge is 0.238 e. The van der Waals surface area contributed by atoms with Crippen molar-refractivity contribution >= 4 is 5.91 Å². The van der Waals surface area contributed by atoms with Crippen LogP contribution in [0.3, 0.4) is 0 Å². The van der Waals surface area contributed by atoms with E-state index in [9.17, 15) is 4.79 Å². The molecule has 0 aliphatic heterocycles. The molecule has 0 spiro atoms. The van der Waals surface area contributed by atoms with Crippen LogP contribution in [-0.4, -0.2) is 5.91 Å². The van der Waals surface area contributed by atoms with Gasteiger partial charge in [-0.25, -0.2) is 0 Å². The molecule has 0 radical (unpaired) electrons. The second kappa shape index (κ2) is 6.41. The quantitative estimate of drug-likeness (QED) is 0.890. The van der Waals surface area contributed by atoms with E-state index in [1.54, 1.807) is 18.4 Å². The third-order valence-corrected chi connectivity index (χ3v) is 2.77. The molecule has 0 fully saturated rings. The van der Waals surface area contributed by atoms with Crippen LogP contribution in [-0.2, 0) is 17.8 Å². The Bertz CT molecular complexity index is 556. The highest BCUT2D eigenvalue weighted by atomic mass is 16.3. The standard InChI is InChI=1S/C15H14N2O2/c16-10-13(9-12-5-2-1-3-6-12)15(18)17-11-14-7-4-8-19-14/h1-8,13H,9,11H2,(H,17,18). The summed E-state index contributed by atoms with van der Waals surface area (Å²) in [5.74, 6) is -0.287. The largest absolute Gasteiger partial charge is 0.467 e. The number of hydrogen-bond acceptors (Lipinski definition) is 3. The fourth-order valence-corrected chi connectivity index (χ4v) is 1.76. The molecule has 1 aromatic heterocycles. The van der Waals surface area contributed by atoms with Gasteiger partial charge in [-0.05, 0) is 24.1 Å². The van der Waals surface area contributed by atoms with Gasteiger partial charge in [0.1, 0.15) is 11.7 Å². The molecule has 4 heteroatoms. The van der Waals surface area contributed by atoms with E-state index in [4.69, 9.17) is 9.68 Å². The highest BCUT2D eigenvalue weighted by molar-refractivity contribution is 5.81. The summed E-state index contributed by atoms with van der Waals surface area (Å²) in [5.41, 5.74) is 0.974. The molecule has 1 unspecified atom stereocenters. The summed E-state index contributed by atoms with van der Waals surface area (Å²) in [7, 11) is 0. The van der Waals surface area contributed by atoms with Crippen LogP contribution < -0.4 is 5.32 Å². The first-order valence-corrected chi connectivity index (χ1v) is 6.03. The Morgan fingerprint density at radius 2 is 2.05 bits per heavy atom. The van der Waals surface area contributed by atoms with Crippen LogP contribution in [0.15, 0.2) is 53.1 Å². The predicted octanol–water partition coefficient (Wildman–Crippen LogP) is 2.28. The molecule has 1 heterocycles. The Kier molecular flexibility index (Phi) is 4.35. The van der Waals surface area contributed by atoms with E-state index in [1.165, 1.54) is 0 Å². The summed E-state index contributed by atoms with van der Waals surface area (Å²) in [6, 6.07) is 15.1. The molecule has 0 aliphatic carbocycles. The van der Waals surface area contributed by atoms with Gasteiger partial charge in [0.25, 0.3) is 0 Å². The maximum Gasteiger partial charge on any atom is 0.238 e. The molecule has 2 rings (SSSR count). The zero-order valence-electron chi connectivity index (χ0n) is 10.4. The van der Waals surface area contributed by atoms with Crippen molar-refractivity contribution in [1.29, 1.82) is 5.26 Å².